The van der Waals surface area contributed by atoms with Crippen LogP contribution in [0.4, 0.5) is 5.82 Å². The largest absolute Gasteiger partial charge is 0.790 e. The van der Waals surface area contributed by atoms with Crippen LogP contribution in [-0.2, 0) is 50.7 Å². The summed E-state index contributed by atoms with van der Waals surface area (Å²) in [6.07, 6.45) is -5.91. The topological polar surface area (TPSA) is 375 Å². The normalized spacial score (nSPS) is 22.6. The number of nitrogens with one attached hydrogen (secondary N) is 2. The highest BCUT2D eigenvalue weighted by atomic mass is 31.3. The monoisotopic (exact) mass is 813 g/mol. The van der Waals surface area contributed by atoms with Crippen molar-refractivity contribution in [2.24, 2.45) is 5.41 Å². The Bertz CT molecular complexity index is 1820. The molecule has 2 amide bonds. The molecular weight excluding hydrogens is 775 g/mol. The van der Waals surface area contributed by atoms with Crippen LogP contribution in [0.3, 0.4) is 0 Å². The fourth-order valence-corrected chi connectivity index (χ4v) is 7.33. The Morgan fingerprint density at radius 1 is 1.08 bits per heavy atom. The van der Waals surface area contributed by atoms with Gasteiger partial charge >= 0.3 is 0 Å². The number of Topliss-reactive ketones (excluding diaryl/α,β-unsaturated/α-hetero) is 1. The number of ether oxygens (including phenoxy) is 1. The molecule has 0 saturated carbocycles. The molecule has 0 bridgehead atoms. The van der Waals surface area contributed by atoms with Gasteiger partial charge in [0.2, 0.25) is 11.8 Å². The highest BCUT2D eigenvalue weighted by Crippen LogP contribution is 2.56. The quantitative estimate of drug-likeness (QED) is 0.0649. The maximum atomic E-state index is 12.5. The molecule has 24 nitrogen and oxygen atoms in total. The van der Waals surface area contributed by atoms with Crippen LogP contribution in [0.2, 0.25) is 0 Å². The number of phosphoric ester groups is 3. The minimum Gasteiger partial charge on any atom is -0.790 e. The summed E-state index contributed by atoms with van der Waals surface area (Å²) in [4.78, 5) is 95.5. The predicted octanol–water partition coefficient (Wildman–Crippen LogP) is -3.20. The van der Waals surface area contributed by atoms with E-state index < -0.39 is 84.6 Å². The first kappa shape index (κ1) is 44.3. The number of allylic oxidation sites excluding steroid dienone is 2. The van der Waals surface area contributed by atoms with Gasteiger partial charge in [0.25, 0.3) is 15.6 Å². The lowest BCUT2D eigenvalue weighted by atomic mass is 9.87. The van der Waals surface area contributed by atoms with Crippen molar-refractivity contribution in [2.75, 3.05) is 32.0 Å². The van der Waals surface area contributed by atoms with Gasteiger partial charge in [-0.2, -0.15) is 0 Å². The van der Waals surface area contributed by atoms with Crippen molar-refractivity contribution in [3.05, 3.63) is 24.3 Å². The summed E-state index contributed by atoms with van der Waals surface area (Å²) in [6.45, 7) is 3.27. The number of nitrogens with zero attached hydrogens (tertiary/aromatic N) is 4. The fourth-order valence-electron chi connectivity index (χ4n) is 4.59. The Morgan fingerprint density at radius 3 is 2.36 bits per heavy atom. The number of carbonyl (C=O) groups excluding carboxylic acids is 3. The predicted molar refractivity (Wildman–Crippen MR) is 170 cm³/mol. The van der Waals surface area contributed by atoms with Crippen molar-refractivity contribution in [2.45, 2.75) is 71.2 Å². The smallest absolute Gasteiger partial charge is 0.274 e. The van der Waals surface area contributed by atoms with E-state index >= 15 is 0 Å². The number of nitrogen functional groups attached to an aromatic ring is 1. The number of rotatable bonds is 20. The first-order valence-electron chi connectivity index (χ1n) is 15.4. The summed E-state index contributed by atoms with van der Waals surface area (Å²) in [6, 6.07) is 0. The van der Waals surface area contributed by atoms with Gasteiger partial charge in [0.05, 0.1) is 27.4 Å². The van der Waals surface area contributed by atoms with Gasteiger partial charge in [-0.25, -0.2) is 19.3 Å². The molecule has 2 aromatic heterocycles. The van der Waals surface area contributed by atoms with E-state index in [9.17, 15) is 57.9 Å². The Labute approximate surface area is 301 Å². The molecule has 0 aliphatic carbocycles. The third kappa shape index (κ3) is 12.8. The van der Waals surface area contributed by atoms with Gasteiger partial charge in [-0.3, -0.25) is 28.1 Å². The lowest BCUT2D eigenvalue weighted by Gasteiger charge is -2.36. The van der Waals surface area contributed by atoms with Gasteiger partial charge in [-0.05, 0) is 19.4 Å². The Morgan fingerprint density at radius 2 is 1.72 bits per heavy atom. The van der Waals surface area contributed by atoms with Crippen LogP contribution in [0.1, 0.15) is 46.8 Å². The van der Waals surface area contributed by atoms with Gasteiger partial charge in [0.1, 0.15) is 36.3 Å². The molecular formula is C26H38N7O17P3-4. The number of carbonyl (C=O) groups is 3. The zero-order valence-electron chi connectivity index (χ0n) is 28.6. The zero-order valence-corrected chi connectivity index (χ0v) is 31.3. The molecule has 7 unspecified atom stereocenters. The minimum absolute atomic E-state index is 0.0223. The van der Waals surface area contributed by atoms with E-state index in [1.165, 1.54) is 13.8 Å². The summed E-state index contributed by atoms with van der Waals surface area (Å²) < 4.78 is 60.3. The number of nitrogens with two attached hydrogens (primary N) is 1. The maximum absolute atomic E-state index is 12.5. The number of anilines is 1. The minimum atomic E-state index is -5.91. The molecule has 1 aliphatic rings. The third-order valence-corrected chi connectivity index (χ3v) is 10.6. The lowest BCUT2D eigenvalue weighted by Crippen LogP contribution is -2.46. The molecule has 3 heterocycles. The molecule has 1 saturated heterocycles. The summed E-state index contributed by atoms with van der Waals surface area (Å²) in [5, 5.41) is 26.0. The number of hydrogen-bond donors (Lipinski definition) is 5. The number of aromatic nitrogens is 4. The number of fused-ring (bicyclic) bond motifs is 1. The van der Waals surface area contributed by atoms with Crippen molar-refractivity contribution in [1.82, 2.24) is 30.2 Å². The van der Waals surface area contributed by atoms with E-state index in [1.807, 2.05) is 0 Å². The zero-order chi connectivity index (χ0) is 39.9. The number of aliphatic hydroxyl groups is 2. The second-order valence-corrected chi connectivity index (χ2v) is 16.2. The average molecular weight is 814 g/mol. The number of imidazole rings is 1. The van der Waals surface area contributed by atoms with Crippen molar-refractivity contribution < 1.29 is 80.5 Å². The molecule has 0 aromatic carbocycles. The van der Waals surface area contributed by atoms with Gasteiger partial charge in [-0.1, -0.05) is 19.9 Å². The van der Waals surface area contributed by atoms with E-state index in [4.69, 9.17) is 10.5 Å². The van der Waals surface area contributed by atoms with Crippen LogP contribution in [0.15, 0.2) is 24.3 Å². The SMILES string of the molecule is C/C=C(\C)C(=O)CCNC(=O)CCNC(=O)C(O)C(C)(C)COP(=O)([O-])OP(=O)([O-])OCC1OC(n2cnc3c(N)ncnc32)C(O)C1OP(=O)([O-])[O-]. The lowest BCUT2D eigenvalue weighted by molar-refractivity contribution is -0.347. The van der Waals surface area contributed by atoms with Crippen LogP contribution in [-0.4, -0.2) is 98.0 Å². The maximum Gasteiger partial charge on any atom is 0.274 e. The molecule has 1 fully saturated rings. The van der Waals surface area contributed by atoms with Gasteiger partial charge in [0.15, 0.2) is 23.5 Å². The van der Waals surface area contributed by atoms with Gasteiger partial charge < -0.3 is 69.0 Å². The summed E-state index contributed by atoms with van der Waals surface area (Å²) in [5.41, 5.74) is 4.60. The molecule has 6 N–H and O–H groups in total. The van der Waals surface area contributed by atoms with Crippen molar-refractivity contribution in [1.29, 1.82) is 0 Å². The fraction of sp³-hybridized carbons (Fsp3) is 0.615. The van der Waals surface area contributed by atoms with E-state index in [1.54, 1.807) is 19.9 Å². The van der Waals surface area contributed by atoms with Crippen LogP contribution >= 0.6 is 23.5 Å². The molecule has 7 atom stereocenters. The Kier molecular flexibility index (Phi) is 15.1. The van der Waals surface area contributed by atoms with E-state index in [-0.39, 0.29) is 48.7 Å². The van der Waals surface area contributed by atoms with E-state index in [0.717, 1.165) is 17.2 Å². The average Bonchev–Trinajstić information content (AvgIpc) is 3.62. The second-order valence-electron chi connectivity index (χ2n) is 12.1. The summed E-state index contributed by atoms with van der Waals surface area (Å²) >= 11 is 0. The number of amides is 2. The van der Waals surface area contributed by atoms with Gasteiger partial charge in [-0.15, -0.1) is 0 Å². The number of ketones is 1. The van der Waals surface area contributed by atoms with Gasteiger partial charge in [0, 0.05) is 31.3 Å². The highest BCUT2D eigenvalue weighted by molar-refractivity contribution is 7.59. The van der Waals surface area contributed by atoms with Crippen molar-refractivity contribution in [3.63, 3.8) is 0 Å². The molecule has 2 aromatic rings. The number of hydrogen-bond acceptors (Lipinski definition) is 21. The Hall–Kier alpha value is -3.05. The molecule has 0 radical (unpaired) electrons. The standard InChI is InChI=1S/C26H42N7O17P3/c1-5-14(2)15(34)6-8-28-17(35)7-9-29-24(38)21(37)26(3,4)11-47-53(44,45)50-52(42,43)46-10-16-20(49-51(39,40)41)19(36)25(48-16)33-13-32-18-22(27)30-12-31-23(18)33/h5,12-13,16,19-21,25,36-37H,6-11H2,1-4H3,(H,28,35)(H,29,38)(H,42,43)(H,44,45)(H2,27,30,31)(H2,39,40,41)/p-4/b14-5+. The van der Waals surface area contributed by atoms with Crippen LogP contribution in [0.25, 0.3) is 11.2 Å². The molecule has 3 rings (SSSR count). The van der Waals surface area contributed by atoms with Crippen LogP contribution in [0, 0.1) is 5.41 Å². The molecule has 298 valence electrons. The van der Waals surface area contributed by atoms with Crippen molar-refractivity contribution in [3.8, 4) is 0 Å². The molecule has 27 heteroatoms. The van der Waals surface area contributed by atoms with E-state index in [2.05, 4.69) is 43.5 Å². The number of aliphatic hydroxyl groups excluding tert-OH is 2. The summed E-state index contributed by atoms with van der Waals surface area (Å²) in [5.74, 6) is -1.75. The van der Waals surface area contributed by atoms with Crippen LogP contribution in [0.5, 0.6) is 0 Å². The molecule has 1 aliphatic heterocycles. The third-order valence-electron chi connectivity index (χ3n) is 7.60. The summed E-state index contributed by atoms with van der Waals surface area (Å²) in [7, 11) is -17.6. The van der Waals surface area contributed by atoms with Crippen LogP contribution < -0.4 is 35.9 Å². The van der Waals surface area contributed by atoms with E-state index in [0.29, 0.717) is 5.57 Å². The first-order valence-corrected chi connectivity index (χ1v) is 19.8. The first-order chi connectivity index (χ1) is 24.5. The highest BCUT2D eigenvalue weighted by Gasteiger charge is 2.47. The second kappa shape index (κ2) is 18.1. The molecule has 53 heavy (non-hydrogen) atoms. The van der Waals surface area contributed by atoms with Crippen molar-refractivity contribution >= 4 is 58.0 Å². The number of phosphoric acid groups is 3. The molecule has 0 spiro atoms. The Balaban J connectivity index is 1.54.